The molecule has 3 aromatic rings. The number of imidazole rings is 1. The van der Waals surface area contributed by atoms with Gasteiger partial charge in [-0.25, -0.2) is 9.78 Å². The van der Waals surface area contributed by atoms with Gasteiger partial charge in [0.05, 0.1) is 29.3 Å². The minimum atomic E-state index is -0.331. The molecule has 0 radical (unpaired) electrons. The number of benzene rings is 1. The van der Waals surface area contributed by atoms with Gasteiger partial charge in [-0.3, -0.25) is 9.55 Å². The topological polar surface area (TPSA) is 69.0 Å². The van der Waals surface area contributed by atoms with Gasteiger partial charge in [0.1, 0.15) is 0 Å². The number of pyridine rings is 1. The summed E-state index contributed by atoms with van der Waals surface area (Å²) in [6, 6.07) is 11.5. The Bertz CT molecular complexity index is 1010. The van der Waals surface area contributed by atoms with E-state index in [2.05, 4.69) is 21.8 Å². The summed E-state index contributed by atoms with van der Waals surface area (Å²) >= 11 is 0. The van der Waals surface area contributed by atoms with Crippen molar-refractivity contribution in [2.24, 2.45) is 0 Å². The van der Waals surface area contributed by atoms with Gasteiger partial charge in [0.2, 0.25) is 5.95 Å². The molecule has 27 heavy (non-hydrogen) atoms. The molecule has 0 saturated carbocycles. The SMILES string of the molecule is CCCC1=C(C(=O)OCC)C(c2cccnc2)n2c(nc3ccccc32)N1. The van der Waals surface area contributed by atoms with Crippen molar-refractivity contribution < 1.29 is 9.53 Å². The lowest BCUT2D eigenvalue weighted by Crippen LogP contribution is -2.29. The smallest absolute Gasteiger partial charge is 0.338 e. The fourth-order valence-electron chi connectivity index (χ4n) is 3.63. The normalized spacial score (nSPS) is 16.1. The van der Waals surface area contributed by atoms with Crippen LogP contribution >= 0.6 is 0 Å². The molecule has 1 aromatic carbocycles. The fourth-order valence-corrected chi connectivity index (χ4v) is 3.63. The molecule has 6 heteroatoms. The van der Waals surface area contributed by atoms with Crippen LogP contribution in [0.25, 0.3) is 11.0 Å². The van der Waals surface area contributed by atoms with Crippen molar-refractivity contribution in [1.29, 1.82) is 0 Å². The highest BCUT2D eigenvalue weighted by atomic mass is 16.5. The number of anilines is 1. The quantitative estimate of drug-likeness (QED) is 0.693. The van der Waals surface area contributed by atoms with E-state index in [4.69, 9.17) is 9.72 Å². The highest BCUT2D eigenvalue weighted by Gasteiger charge is 2.35. The van der Waals surface area contributed by atoms with Crippen LogP contribution in [0.4, 0.5) is 5.95 Å². The Balaban J connectivity index is 1.99. The first-order chi connectivity index (χ1) is 13.2. The summed E-state index contributed by atoms with van der Waals surface area (Å²) in [5.41, 5.74) is 4.27. The molecule has 0 bridgehead atoms. The summed E-state index contributed by atoms with van der Waals surface area (Å²) in [5, 5.41) is 3.39. The van der Waals surface area contributed by atoms with Crippen LogP contribution in [0.2, 0.25) is 0 Å². The zero-order valence-electron chi connectivity index (χ0n) is 15.5. The lowest BCUT2D eigenvalue weighted by Gasteiger charge is -2.31. The van der Waals surface area contributed by atoms with E-state index >= 15 is 0 Å². The average molecular weight is 362 g/mol. The molecule has 1 aliphatic rings. The zero-order chi connectivity index (χ0) is 18.8. The van der Waals surface area contributed by atoms with Crippen molar-refractivity contribution in [3.05, 3.63) is 65.6 Å². The molecule has 4 rings (SSSR count). The Labute approximate surface area is 157 Å². The van der Waals surface area contributed by atoms with E-state index in [0.29, 0.717) is 12.2 Å². The van der Waals surface area contributed by atoms with Gasteiger partial charge in [-0.15, -0.1) is 0 Å². The number of nitrogens with one attached hydrogen (secondary N) is 1. The Morgan fingerprint density at radius 2 is 2.07 bits per heavy atom. The Hall–Kier alpha value is -3.15. The third kappa shape index (κ3) is 2.97. The molecule has 0 saturated heterocycles. The first kappa shape index (κ1) is 17.3. The van der Waals surface area contributed by atoms with E-state index in [9.17, 15) is 4.79 Å². The lowest BCUT2D eigenvalue weighted by molar-refractivity contribution is -0.139. The van der Waals surface area contributed by atoms with Crippen molar-refractivity contribution in [3.63, 3.8) is 0 Å². The van der Waals surface area contributed by atoms with Crippen LogP contribution in [0.15, 0.2) is 60.1 Å². The summed E-state index contributed by atoms with van der Waals surface area (Å²) in [6.45, 7) is 4.25. The standard InChI is InChI=1S/C21H22N4O2/c1-3-8-16-18(20(26)27-4-2)19(14-9-7-12-22-13-14)25-17-11-6-5-10-15(17)23-21(25)24-16/h5-7,9-13,19H,3-4,8H2,1-2H3,(H,23,24). The lowest BCUT2D eigenvalue weighted by atomic mass is 9.94. The minimum absolute atomic E-state index is 0.300. The monoisotopic (exact) mass is 362 g/mol. The van der Waals surface area contributed by atoms with Gasteiger partial charge < -0.3 is 10.1 Å². The summed E-state index contributed by atoms with van der Waals surface area (Å²) in [6.07, 6.45) is 5.19. The van der Waals surface area contributed by atoms with E-state index in [-0.39, 0.29) is 12.0 Å². The maximum Gasteiger partial charge on any atom is 0.338 e. The molecule has 0 fully saturated rings. The molecule has 0 aliphatic carbocycles. The number of rotatable bonds is 5. The number of carbonyl (C=O) groups excluding carboxylic acids is 1. The molecular formula is C21H22N4O2. The molecule has 6 nitrogen and oxygen atoms in total. The Morgan fingerprint density at radius 3 is 2.81 bits per heavy atom. The second-order valence-corrected chi connectivity index (χ2v) is 6.47. The number of hydrogen-bond acceptors (Lipinski definition) is 5. The number of ether oxygens (including phenoxy) is 1. The largest absolute Gasteiger partial charge is 0.463 e. The molecule has 1 aliphatic heterocycles. The third-order valence-electron chi connectivity index (χ3n) is 4.71. The van der Waals surface area contributed by atoms with Crippen LogP contribution in [0.5, 0.6) is 0 Å². The molecule has 0 amide bonds. The van der Waals surface area contributed by atoms with Crippen LogP contribution in [-0.4, -0.2) is 27.1 Å². The fraction of sp³-hybridized carbons (Fsp3) is 0.286. The molecule has 1 N–H and O–H groups in total. The number of fused-ring (bicyclic) bond motifs is 3. The molecule has 3 heterocycles. The predicted molar refractivity (Wildman–Crippen MR) is 104 cm³/mol. The van der Waals surface area contributed by atoms with Crippen LogP contribution in [0.3, 0.4) is 0 Å². The van der Waals surface area contributed by atoms with Crippen LogP contribution in [-0.2, 0) is 9.53 Å². The number of aromatic nitrogens is 3. The van der Waals surface area contributed by atoms with E-state index in [1.54, 1.807) is 12.4 Å². The van der Waals surface area contributed by atoms with Gasteiger partial charge in [-0.2, -0.15) is 0 Å². The van der Waals surface area contributed by atoms with Gasteiger partial charge in [0.25, 0.3) is 0 Å². The van der Waals surface area contributed by atoms with E-state index in [1.165, 1.54) is 0 Å². The number of hydrogen-bond donors (Lipinski definition) is 1. The number of para-hydroxylation sites is 2. The van der Waals surface area contributed by atoms with Gasteiger partial charge in [-0.05, 0) is 37.1 Å². The first-order valence-corrected chi connectivity index (χ1v) is 9.28. The Kier molecular flexibility index (Phi) is 4.62. The second-order valence-electron chi connectivity index (χ2n) is 6.47. The van der Waals surface area contributed by atoms with Crippen LogP contribution in [0, 0.1) is 0 Å². The number of allylic oxidation sites excluding steroid dienone is 1. The highest BCUT2D eigenvalue weighted by molar-refractivity contribution is 5.94. The van der Waals surface area contributed by atoms with Crippen LogP contribution in [0.1, 0.15) is 38.3 Å². The maximum absolute atomic E-state index is 13.0. The van der Waals surface area contributed by atoms with E-state index in [0.717, 1.165) is 41.1 Å². The van der Waals surface area contributed by atoms with Gasteiger partial charge in [0, 0.05) is 18.1 Å². The van der Waals surface area contributed by atoms with Crippen molar-refractivity contribution in [2.45, 2.75) is 32.7 Å². The summed E-state index contributed by atoms with van der Waals surface area (Å²) in [7, 11) is 0. The van der Waals surface area contributed by atoms with Crippen molar-refractivity contribution in [2.75, 3.05) is 11.9 Å². The third-order valence-corrected chi connectivity index (χ3v) is 4.71. The second kappa shape index (κ2) is 7.23. The van der Waals surface area contributed by atoms with Gasteiger partial charge in [0.15, 0.2) is 0 Å². The molecule has 1 unspecified atom stereocenters. The molecule has 1 atom stereocenters. The van der Waals surface area contributed by atoms with E-state index < -0.39 is 0 Å². The van der Waals surface area contributed by atoms with Crippen molar-refractivity contribution in [3.8, 4) is 0 Å². The first-order valence-electron chi connectivity index (χ1n) is 9.28. The molecular weight excluding hydrogens is 340 g/mol. The van der Waals surface area contributed by atoms with Gasteiger partial charge in [-0.1, -0.05) is 31.5 Å². The minimum Gasteiger partial charge on any atom is -0.463 e. The van der Waals surface area contributed by atoms with E-state index in [1.807, 2.05) is 43.3 Å². The highest BCUT2D eigenvalue weighted by Crippen LogP contribution is 2.40. The molecule has 0 spiro atoms. The summed E-state index contributed by atoms with van der Waals surface area (Å²) in [4.78, 5) is 22.0. The van der Waals surface area contributed by atoms with Crippen LogP contribution < -0.4 is 5.32 Å². The summed E-state index contributed by atoms with van der Waals surface area (Å²) < 4.78 is 7.49. The number of carbonyl (C=O) groups is 1. The average Bonchev–Trinajstić information content (AvgIpc) is 3.06. The Morgan fingerprint density at radius 1 is 1.22 bits per heavy atom. The zero-order valence-corrected chi connectivity index (χ0v) is 15.5. The van der Waals surface area contributed by atoms with Crippen molar-refractivity contribution in [1.82, 2.24) is 14.5 Å². The predicted octanol–water partition coefficient (Wildman–Crippen LogP) is 4.06. The molecule has 138 valence electrons. The number of esters is 1. The maximum atomic E-state index is 13.0. The van der Waals surface area contributed by atoms with Crippen molar-refractivity contribution >= 4 is 23.0 Å². The number of nitrogens with zero attached hydrogens (tertiary/aromatic N) is 3. The van der Waals surface area contributed by atoms with Gasteiger partial charge >= 0.3 is 5.97 Å². The molecule has 2 aromatic heterocycles. The summed E-state index contributed by atoms with van der Waals surface area (Å²) in [5.74, 6) is 0.437.